The number of nitrogens with one attached hydrogen (secondary N) is 2. The average molecular weight is 802 g/mol. The number of sulfone groups is 1. The molecule has 4 atom stereocenters. The molecule has 0 spiro atoms. The molecule has 13 heteroatoms. The fraction of sp³-hybridized carbons (Fsp3) is 0.488. The number of ether oxygens (including phenoxy) is 1. The van der Waals surface area contributed by atoms with Gasteiger partial charge in [0.1, 0.15) is 0 Å². The molecule has 10 nitrogen and oxygen atoms in total. The van der Waals surface area contributed by atoms with E-state index in [1.807, 2.05) is 44.2 Å². The first-order chi connectivity index (χ1) is 25.6. The van der Waals surface area contributed by atoms with Gasteiger partial charge in [0.15, 0.2) is 9.84 Å². The van der Waals surface area contributed by atoms with Crippen LogP contribution in [0.25, 0.3) is 0 Å². The van der Waals surface area contributed by atoms with Crippen LogP contribution in [-0.2, 0) is 24.2 Å². The van der Waals surface area contributed by atoms with Crippen molar-refractivity contribution >= 4 is 56.4 Å². The van der Waals surface area contributed by atoms with Crippen molar-refractivity contribution in [3.63, 3.8) is 0 Å². The molecule has 1 fully saturated rings. The normalized spacial score (nSPS) is 19.6. The van der Waals surface area contributed by atoms with E-state index >= 15 is 4.79 Å². The molecule has 0 unspecified atom stereocenters. The average Bonchev–Trinajstić information content (AvgIpc) is 3.12. The highest BCUT2D eigenvalue weighted by Crippen LogP contribution is 2.52. The number of likely N-dealkylation sites (tertiary alicyclic amines) is 1. The Kier molecular flexibility index (Phi) is 15.5. The largest absolute Gasteiger partial charge is 0.381 e. The van der Waals surface area contributed by atoms with Crippen molar-refractivity contribution in [2.24, 2.45) is 17.1 Å². The van der Waals surface area contributed by atoms with Crippen molar-refractivity contribution in [1.82, 2.24) is 10.2 Å². The molecule has 4 rings (SSSR count). The number of carbonyl (C=O) groups is 3. The second kappa shape index (κ2) is 19.4. The minimum absolute atomic E-state index is 0.163. The standard InChI is InChI=1S/C41H54Cl2N4O6S/c1-27(2)36(26-54(51,52)28(3)4)47-38(29-11-15-32(42)16-12-29)35(31-9-6-10-33(43)23-31)24-41(5,40(47)50)25-37(48)46-34-17-13-30(14-18-34)39(49)45-20-8-22-53-21-7-19-44/h6,9-18,23,27-28,35-36,38H,7-8,19-22,24-26,44H2,1-5H3,(H,45,49)(H,46,48)/t35-,36-,38-,41-/m1/s1. The van der Waals surface area contributed by atoms with Gasteiger partial charge in [-0.25, -0.2) is 8.42 Å². The summed E-state index contributed by atoms with van der Waals surface area (Å²) in [7, 11) is -3.59. The van der Waals surface area contributed by atoms with E-state index in [0.717, 1.165) is 17.5 Å². The number of anilines is 1. The van der Waals surface area contributed by atoms with E-state index in [9.17, 15) is 18.0 Å². The highest BCUT2D eigenvalue weighted by atomic mass is 35.5. The summed E-state index contributed by atoms with van der Waals surface area (Å²) in [4.78, 5) is 43.3. The fourth-order valence-electron chi connectivity index (χ4n) is 6.97. The minimum Gasteiger partial charge on any atom is -0.381 e. The van der Waals surface area contributed by atoms with E-state index in [1.54, 1.807) is 68.1 Å². The number of amides is 3. The highest BCUT2D eigenvalue weighted by Gasteiger charge is 2.53. The lowest BCUT2D eigenvalue weighted by atomic mass is 9.66. The van der Waals surface area contributed by atoms with E-state index in [4.69, 9.17) is 33.7 Å². The molecule has 3 aromatic carbocycles. The first kappa shape index (κ1) is 43.3. The van der Waals surface area contributed by atoms with E-state index in [1.165, 1.54) is 0 Å². The summed E-state index contributed by atoms with van der Waals surface area (Å²) < 4.78 is 32.5. The smallest absolute Gasteiger partial charge is 0.251 e. The van der Waals surface area contributed by atoms with Gasteiger partial charge in [0.05, 0.1) is 22.5 Å². The molecular formula is C41H54Cl2N4O6S. The second-order valence-electron chi connectivity index (χ2n) is 15.0. The number of nitrogens with zero attached hydrogens (tertiary/aromatic N) is 1. The fourth-order valence-corrected chi connectivity index (χ4v) is 8.70. The zero-order valence-corrected chi connectivity index (χ0v) is 34.1. The lowest BCUT2D eigenvalue weighted by Gasteiger charge is -2.53. The molecule has 0 saturated carbocycles. The maximum Gasteiger partial charge on any atom is 0.251 e. The van der Waals surface area contributed by atoms with Gasteiger partial charge in [-0.3, -0.25) is 14.4 Å². The Bertz CT molecular complexity index is 1840. The molecule has 294 valence electrons. The van der Waals surface area contributed by atoms with E-state index in [-0.39, 0.29) is 41.7 Å². The Labute approximate surface area is 330 Å². The molecule has 1 heterocycles. The molecular weight excluding hydrogens is 747 g/mol. The van der Waals surface area contributed by atoms with Gasteiger partial charge < -0.3 is 26.0 Å². The third kappa shape index (κ3) is 11.3. The van der Waals surface area contributed by atoms with E-state index in [2.05, 4.69) is 10.6 Å². The van der Waals surface area contributed by atoms with Crippen LogP contribution in [0.15, 0.2) is 72.8 Å². The van der Waals surface area contributed by atoms with Gasteiger partial charge in [-0.1, -0.05) is 68.2 Å². The summed E-state index contributed by atoms with van der Waals surface area (Å²) in [5.74, 6) is -1.74. The summed E-state index contributed by atoms with van der Waals surface area (Å²) in [6.07, 6.45) is 1.59. The maximum atomic E-state index is 15.1. The Morgan fingerprint density at radius 2 is 1.61 bits per heavy atom. The summed E-state index contributed by atoms with van der Waals surface area (Å²) in [5.41, 5.74) is 6.84. The van der Waals surface area contributed by atoms with Crippen LogP contribution >= 0.6 is 23.2 Å². The molecule has 1 aliphatic heterocycles. The first-order valence-electron chi connectivity index (χ1n) is 18.6. The van der Waals surface area contributed by atoms with Crippen molar-refractivity contribution in [2.75, 3.05) is 37.4 Å². The zero-order valence-electron chi connectivity index (χ0n) is 31.8. The molecule has 3 aromatic rings. The monoisotopic (exact) mass is 800 g/mol. The summed E-state index contributed by atoms with van der Waals surface area (Å²) in [6.45, 7) is 11.1. The van der Waals surface area contributed by atoms with Gasteiger partial charge in [-0.2, -0.15) is 0 Å². The van der Waals surface area contributed by atoms with Crippen LogP contribution in [0.2, 0.25) is 10.0 Å². The van der Waals surface area contributed by atoms with Crippen LogP contribution in [0, 0.1) is 11.3 Å². The quantitative estimate of drug-likeness (QED) is 0.114. The van der Waals surface area contributed by atoms with Crippen LogP contribution in [0.1, 0.15) is 93.7 Å². The SMILES string of the molecule is CC(C)[C@@H](CS(=O)(=O)C(C)C)N1C(=O)[C@@](C)(CC(=O)Nc2ccc(C(=O)NCCCOCCCN)cc2)C[C@H](c2cccc(Cl)c2)[C@H]1c1ccc(Cl)cc1. The van der Waals surface area contributed by atoms with Gasteiger partial charge in [0, 0.05) is 59.4 Å². The predicted octanol–water partition coefficient (Wildman–Crippen LogP) is 7.42. The number of nitrogens with two attached hydrogens (primary N) is 1. The Balaban J connectivity index is 1.63. The number of benzene rings is 3. The summed E-state index contributed by atoms with van der Waals surface area (Å²) in [5, 5.41) is 6.20. The van der Waals surface area contributed by atoms with Gasteiger partial charge in [-0.15, -0.1) is 0 Å². The summed E-state index contributed by atoms with van der Waals surface area (Å²) in [6, 6.07) is 20.0. The lowest BCUT2D eigenvalue weighted by molar-refractivity contribution is -0.157. The highest BCUT2D eigenvalue weighted by molar-refractivity contribution is 7.92. The van der Waals surface area contributed by atoms with Crippen LogP contribution in [-0.4, -0.2) is 74.4 Å². The predicted molar refractivity (Wildman–Crippen MR) is 217 cm³/mol. The third-order valence-electron chi connectivity index (χ3n) is 10.1. The molecule has 0 aromatic heterocycles. The number of hydrogen-bond acceptors (Lipinski definition) is 7. The third-order valence-corrected chi connectivity index (χ3v) is 12.8. The van der Waals surface area contributed by atoms with Crippen LogP contribution in [0.4, 0.5) is 5.69 Å². The molecule has 54 heavy (non-hydrogen) atoms. The Hall–Kier alpha value is -3.48. The number of piperidine rings is 1. The van der Waals surface area contributed by atoms with Gasteiger partial charge >= 0.3 is 0 Å². The van der Waals surface area contributed by atoms with Crippen molar-refractivity contribution in [3.05, 3.63) is 99.5 Å². The topological polar surface area (TPSA) is 148 Å². The van der Waals surface area contributed by atoms with E-state index in [0.29, 0.717) is 60.4 Å². The van der Waals surface area contributed by atoms with Crippen molar-refractivity contribution in [3.8, 4) is 0 Å². The van der Waals surface area contributed by atoms with Crippen LogP contribution < -0.4 is 16.4 Å². The molecule has 1 saturated heterocycles. The zero-order chi connectivity index (χ0) is 39.6. The number of carbonyl (C=O) groups excluding carboxylic acids is 3. The summed E-state index contributed by atoms with van der Waals surface area (Å²) >= 11 is 12.8. The van der Waals surface area contributed by atoms with Crippen molar-refractivity contribution in [1.29, 1.82) is 0 Å². The van der Waals surface area contributed by atoms with E-state index < -0.39 is 32.6 Å². The maximum absolute atomic E-state index is 15.1. The Morgan fingerprint density at radius 1 is 0.944 bits per heavy atom. The lowest BCUT2D eigenvalue weighted by Crippen LogP contribution is -2.59. The molecule has 0 aliphatic carbocycles. The molecule has 0 bridgehead atoms. The van der Waals surface area contributed by atoms with Crippen molar-refractivity contribution in [2.45, 2.75) is 83.6 Å². The van der Waals surface area contributed by atoms with Gasteiger partial charge in [-0.05, 0) is 105 Å². The number of rotatable bonds is 18. The Morgan fingerprint density at radius 3 is 2.22 bits per heavy atom. The molecule has 0 radical (unpaired) electrons. The van der Waals surface area contributed by atoms with Crippen LogP contribution in [0.3, 0.4) is 0 Å². The number of halogens is 2. The molecule has 1 aliphatic rings. The van der Waals surface area contributed by atoms with Gasteiger partial charge in [0.2, 0.25) is 11.8 Å². The molecule has 3 amide bonds. The van der Waals surface area contributed by atoms with Crippen LogP contribution in [0.5, 0.6) is 0 Å². The number of hydrogen-bond donors (Lipinski definition) is 3. The van der Waals surface area contributed by atoms with Crippen molar-refractivity contribution < 1.29 is 27.5 Å². The first-order valence-corrected chi connectivity index (χ1v) is 21.0. The molecule has 4 N–H and O–H groups in total. The minimum atomic E-state index is -3.59. The van der Waals surface area contributed by atoms with Gasteiger partial charge in [0.25, 0.3) is 5.91 Å². The second-order valence-corrected chi connectivity index (χ2v) is 18.5.